The average molecular weight is 391 g/mol. The SMILES string of the molecule is O=C(C[NH+]1CC[NH+](Cc2ccc3c(c2)OCO3)CC1)Nc1cc(F)ccc1F. The first-order valence-electron chi connectivity index (χ1n) is 9.37. The fourth-order valence-corrected chi connectivity index (χ4v) is 3.66. The Morgan fingerprint density at radius 3 is 2.54 bits per heavy atom. The monoisotopic (exact) mass is 391 g/mol. The van der Waals surface area contributed by atoms with Crippen LogP contribution < -0.4 is 24.6 Å². The van der Waals surface area contributed by atoms with E-state index in [1.807, 2.05) is 12.1 Å². The van der Waals surface area contributed by atoms with Crippen molar-refractivity contribution in [2.24, 2.45) is 0 Å². The Morgan fingerprint density at radius 1 is 0.964 bits per heavy atom. The van der Waals surface area contributed by atoms with Crippen molar-refractivity contribution >= 4 is 11.6 Å². The van der Waals surface area contributed by atoms with Crippen LogP contribution in [0.3, 0.4) is 0 Å². The molecule has 1 amide bonds. The lowest BCUT2D eigenvalue weighted by molar-refractivity contribution is -1.02. The van der Waals surface area contributed by atoms with Crippen LogP contribution in [-0.4, -0.2) is 45.4 Å². The minimum atomic E-state index is -0.636. The third-order valence-corrected chi connectivity index (χ3v) is 5.17. The minimum absolute atomic E-state index is 0.114. The molecule has 2 aliphatic heterocycles. The van der Waals surface area contributed by atoms with E-state index in [1.54, 1.807) is 0 Å². The Balaban J connectivity index is 1.25. The first-order valence-corrected chi connectivity index (χ1v) is 9.37. The van der Waals surface area contributed by atoms with Gasteiger partial charge in [0.15, 0.2) is 18.0 Å². The van der Waals surface area contributed by atoms with E-state index in [4.69, 9.17) is 9.47 Å². The van der Waals surface area contributed by atoms with E-state index >= 15 is 0 Å². The molecule has 0 aromatic heterocycles. The van der Waals surface area contributed by atoms with Crippen LogP contribution in [0.25, 0.3) is 0 Å². The van der Waals surface area contributed by atoms with E-state index in [0.29, 0.717) is 0 Å². The second-order valence-corrected chi connectivity index (χ2v) is 7.21. The fraction of sp³-hybridized carbons (Fsp3) is 0.350. The van der Waals surface area contributed by atoms with E-state index in [9.17, 15) is 13.6 Å². The van der Waals surface area contributed by atoms with Gasteiger partial charge < -0.3 is 24.6 Å². The Morgan fingerprint density at radius 2 is 1.71 bits per heavy atom. The summed E-state index contributed by atoms with van der Waals surface area (Å²) in [5.74, 6) is 0.0578. The van der Waals surface area contributed by atoms with Crippen molar-refractivity contribution in [3.63, 3.8) is 0 Å². The average Bonchev–Trinajstić information content (AvgIpc) is 3.14. The summed E-state index contributed by atoms with van der Waals surface area (Å²) in [4.78, 5) is 14.8. The number of amides is 1. The highest BCUT2D eigenvalue weighted by atomic mass is 19.1. The molecule has 148 valence electrons. The number of halogens is 2. The predicted molar refractivity (Wildman–Crippen MR) is 97.5 cm³/mol. The summed E-state index contributed by atoms with van der Waals surface area (Å²) in [5.41, 5.74) is 1.08. The number of carbonyl (C=O) groups excluding carboxylic acids is 1. The van der Waals surface area contributed by atoms with E-state index in [2.05, 4.69) is 11.4 Å². The van der Waals surface area contributed by atoms with Gasteiger partial charge in [-0.05, 0) is 30.3 Å². The van der Waals surface area contributed by atoms with Gasteiger partial charge in [-0.25, -0.2) is 8.78 Å². The molecule has 3 N–H and O–H groups in total. The maximum Gasteiger partial charge on any atom is 0.279 e. The van der Waals surface area contributed by atoms with Crippen molar-refractivity contribution < 1.29 is 32.8 Å². The molecule has 28 heavy (non-hydrogen) atoms. The quantitative estimate of drug-likeness (QED) is 0.651. The maximum atomic E-state index is 13.6. The Kier molecular flexibility index (Phi) is 5.40. The van der Waals surface area contributed by atoms with Crippen LogP contribution >= 0.6 is 0 Å². The van der Waals surface area contributed by atoms with Crippen LogP contribution in [0.15, 0.2) is 36.4 Å². The molecule has 0 unspecified atom stereocenters. The molecule has 2 heterocycles. The summed E-state index contributed by atoms with van der Waals surface area (Å²) in [6.45, 7) is 4.97. The van der Waals surface area contributed by atoms with Crippen LogP contribution in [0.2, 0.25) is 0 Å². The number of fused-ring (bicyclic) bond motifs is 1. The van der Waals surface area contributed by atoms with Crippen molar-refractivity contribution in [3.05, 3.63) is 53.6 Å². The summed E-state index contributed by atoms with van der Waals surface area (Å²) in [6.07, 6.45) is 0. The first kappa shape index (κ1) is 18.6. The number of rotatable bonds is 5. The number of ether oxygens (including phenoxy) is 2. The van der Waals surface area contributed by atoms with Gasteiger partial charge in [0, 0.05) is 11.6 Å². The summed E-state index contributed by atoms with van der Waals surface area (Å²) in [6, 6.07) is 9.05. The van der Waals surface area contributed by atoms with Crippen LogP contribution in [0.5, 0.6) is 11.5 Å². The van der Waals surface area contributed by atoms with Gasteiger partial charge in [-0.3, -0.25) is 4.79 Å². The number of quaternary nitrogens is 2. The molecule has 1 fully saturated rings. The molecule has 0 aliphatic carbocycles. The lowest BCUT2D eigenvalue weighted by Gasteiger charge is -2.29. The number of carbonyl (C=O) groups is 1. The summed E-state index contributed by atoms with van der Waals surface area (Å²) in [5, 5.41) is 2.47. The van der Waals surface area contributed by atoms with Crippen molar-refractivity contribution in [2.75, 3.05) is 44.8 Å². The van der Waals surface area contributed by atoms with Gasteiger partial charge in [-0.1, -0.05) is 0 Å². The normalized spacial score (nSPS) is 20.8. The molecule has 2 aliphatic rings. The van der Waals surface area contributed by atoms with E-state index < -0.39 is 11.6 Å². The van der Waals surface area contributed by atoms with Gasteiger partial charge in [-0.2, -0.15) is 0 Å². The van der Waals surface area contributed by atoms with Crippen LogP contribution in [0, 0.1) is 11.6 Å². The lowest BCUT2D eigenvalue weighted by Crippen LogP contribution is -3.28. The zero-order chi connectivity index (χ0) is 19.5. The smallest absolute Gasteiger partial charge is 0.279 e. The number of hydrogen-bond donors (Lipinski definition) is 3. The second-order valence-electron chi connectivity index (χ2n) is 7.21. The summed E-state index contributed by atoms with van der Waals surface area (Å²) >= 11 is 0. The molecule has 4 rings (SSSR count). The number of benzene rings is 2. The molecular formula is C20H23F2N3O3+2. The van der Waals surface area contributed by atoms with Crippen molar-refractivity contribution in [1.82, 2.24) is 0 Å². The third kappa shape index (κ3) is 4.40. The van der Waals surface area contributed by atoms with Crippen LogP contribution in [-0.2, 0) is 11.3 Å². The van der Waals surface area contributed by atoms with Crippen molar-refractivity contribution in [3.8, 4) is 11.5 Å². The molecule has 0 bridgehead atoms. The number of piperazine rings is 1. The molecule has 1 saturated heterocycles. The molecule has 0 saturated carbocycles. The molecule has 6 nitrogen and oxygen atoms in total. The largest absolute Gasteiger partial charge is 0.454 e. The van der Waals surface area contributed by atoms with Gasteiger partial charge in [0.1, 0.15) is 44.4 Å². The topological polar surface area (TPSA) is 56.4 Å². The third-order valence-electron chi connectivity index (χ3n) is 5.17. The molecule has 0 spiro atoms. The van der Waals surface area contributed by atoms with E-state index in [1.165, 1.54) is 10.5 Å². The Hall–Kier alpha value is -2.71. The highest BCUT2D eigenvalue weighted by molar-refractivity contribution is 5.91. The maximum absolute atomic E-state index is 13.6. The number of hydrogen-bond acceptors (Lipinski definition) is 3. The fourth-order valence-electron chi connectivity index (χ4n) is 3.66. The van der Waals surface area contributed by atoms with Crippen molar-refractivity contribution in [2.45, 2.75) is 6.54 Å². The van der Waals surface area contributed by atoms with Crippen LogP contribution in [0.1, 0.15) is 5.56 Å². The van der Waals surface area contributed by atoms with Gasteiger partial charge in [-0.15, -0.1) is 0 Å². The number of nitrogens with one attached hydrogen (secondary N) is 3. The molecule has 8 heteroatoms. The molecule has 0 atom stereocenters. The molecular weight excluding hydrogens is 368 g/mol. The Bertz CT molecular complexity index is 870. The summed E-state index contributed by atoms with van der Waals surface area (Å²) in [7, 11) is 0. The van der Waals surface area contributed by atoms with Gasteiger partial charge >= 0.3 is 0 Å². The van der Waals surface area contributed by atoms with Gasteiger partial charge in [0.05, 0.1) is 5.69 Å². The zero-order valence-corrected chi connectivity index (χ0v) is 15.4. The van der Waals surface area contributed by atoms with Gasteiger partial charge in [0.25, 0.3) is 5.91 Å². The molecule has 2 aromatic carbocycles. The minimum Gasteiger partial charge on any atom is -0.454 e. The number of anilines is 1. The highest BCUT2D eigenvalue weighted by Gasteiger charge is 2.26. The van der Waals surface area contributed by atoms with Crippen molar-refractivity contribution in [1.29, 1.82) is 0 Å². The van der Waals surface area contributed by atoms with E-state index in [0.717, 1.165) is 67.3 Å². The van der Waals surface area contributed by atoms with Gasteiger partial charge in [0.2, 0.25) is 6.79 Å². The molecule has 2 aromatic rings. The van der Waals surface area contributed by atoms with E-state index in [-0.39, 0.29) is 24.9 Å². The zero-order valence-electron chi connectivity index (χ0n) is 15.4. The summed E-state index contributed by atoms with van der Waals surface area (Å²) < 4.78 is 37.6. The second kappa shape index (κ2) is 8.12. The first-order chi connectivity index (χ1) is 13.6. The lowest BCUT2D eigenvalue weighted by atomic mass is 10.1. The molecule has 0 radical (unpaired) electrons. The standard InChI is InChI=1S/C20H21F2N3O3/c21-15-2-3-16(22)17(10-15)23-20(26)12-25-7-5-24(6-8-25)11-14-1-4-18-19(9-14)28-13-27-18/h1-4,9-10H,5-8,11-13H2,(H,23,26)/p+2. The predicted octanol–water partition coefficient (Wildman–Crippen LogP) is -0.384. The highest BCUT2D eigenvalue weighted by Crippen LogP contribution is 2.32. The van der Waals surface area contributed by atoms with Crippen LogP contribution in [0.4, 0.5) is 14.5 Å². The Labute approximate surface area is 161 Å².